The highest BCUT2D eigenvalue weighted by Crippen LogP contribution is 2.41. The molecule has 9 nitrogen and oxygen atoms in total. The Balaban J connectivity index is 2.16. The molecule has 4 atom stereocenters. The molecule has 0 bridgehead atoms. The second kappa shape index (κ2) is 4.72. The highest BCUT2D eigenvalue weighted by atomic mass is 16.5. The van der Waals surface area contributed by atoms with Crippen molar-refractivity contribution < 1.29 is 14.9 Å². The van der Waals surface area contributed by atoms with E-state index >= 15 is 0 Å². The Morgan fingerprint density at radius 1 is 1.57 bits per heavy atom. The molecule has 2 aromatic rings. The quantitative estimate of drug-likeness (QED) is 0.644. The third-order valence-electron chi connectivity index (χ3n) is 3.95. The smallest absolute Gasteiger partial charge is 0.155 e. The number of aromatic nitrogens is 3. The van der Waals surface area contributed by atoms with Crippen molar-refractivity contribution in [1.29, 1.82) is 0 Å². The Kier molecular flexibility index (Phi) is 3.12. The Morgan fingerprint density at radius 2 is 2.33 bits per heavy atom. The fraction of sp³-hybridized carbons (Fsp3) is 0.500. The summed E-state index contributed by atoms with van der Waals surface area (Å²) in [5, 5.41) is 26.4. The average molecular weight is 293 g/mol. The third kappa shape index (κ3) is 1.82. The molecule has 21 heavy (non-hydrogen) atoms. The van der Waals surface area contributed by atoms with Crippen LogP contribution in [0.3, 0.4) is 0 Å². The predicted molar refractivity (Wildman–Crippen MR) is 72.3 cm³/mol. The third-order valence-corrected chi connectivity index (χ3v) is 3.95. The Bertz CT molecular complexity index is 689. The van der Waals surface area contributed by atoms with Gasteiger partial charge in [0.1, 0.15) is 29.7 Å². The molecule has 0 aliphatic carbocycles. The van der Waals surface area contributed by atoms with Gasteiger partial charge in [0.2, 0.25) is 0 Å². The second-order valence-corrected chi connectivity index (χ2v) is 5.15. The number of nitroso groups, excluding NO2 is 1. The van der Waals surface area contributed by atoms with Crippen LogP contribution in [0.4, 0.5) is 5.82 Å². The first-order chi connectivity index (χ1) is 10.0. The van der Waals surface area contributed by atoms with E-state index in [1.54, 1.807) is 19.1 Å². The number of hydrogen-bond acceptors (Lipinski definition) is 8. The zero-order chi connectivity index (χ0) is 15.2. The SMILES string of the molecule is C[C@@]1(c2ccc3c(N)ncnn23)O[C@H](CO)[C@@H](O)[C@H]1N=O. The summed E-state index contributed by atoms with van der Waals surface area (Å²) in [6.07, 6.45) is -0.794. The molecule has 1 saturated heterocycles. The fourth-order valence-electron chi connectivity index (χ4n) is 2.83. The fourth-order valence-corrected chi connectivity index (χ4v) is 2.83. The number of rotatable bonds is 3. The van der Waals surface area contributed by atoms with Crippen LogP contribution in [0.5, 0.6) is 0 Å². The number of hydrogen-bond donors (Lipinski definition) is 3. The van der Waals surface area contributed by atoms with Gasteiger partial charge in [-0.2, -0.15) is 10.0 Å². The maximum atomic E-state index is 11.2. The lowest BCUT2D eigenvalue weighted by molar-refractivity contribution is -0.0711. The van der Waals surface area contributed by atoms with Crippen LogP contribution in [0, 0.1) is 4.91 Å². The van der Waals surface area contributed by atoms with Gasteiger partial charge in [-0.25, -0.2) is 9.50 Å². The first-order valence-corrected chi connectivity index (χ1v) is 6.41. The molecule has 0 saturated carbocycles. The molecule has 0 spiro atoms. The number of anilines is 1. The van der Waals surface area contributed by atoms with Crippen molar-refractivity contribution in [2.24, 2.45) is 5.18 Å². The van der Waals surface area contributed by atoms with Crippen LogP contribution >= 0.6 is 0 Å². The molecule has 1 aliphatic rings. The number of ether oxygens (including phenoxy) is 1. The summed E-state index contributed by atoms with van der Waals surface area (Å²) in [5.41, 5.74) is 5.62. The second-order valence-electron chi connectivity index (χ2n) is 5.15. The van der Waals surface area contributed by atoms with Crippen molar-refractivity contribution in [2.75, 3.05) is 12.3 Å². The summed E-state index contributed by atoms with van der Waals surface area (Å²) in [6.45, 7) is 1.21. The van der Waals surface area contributed by atoms with Crippen molar-refractivity contribution in [3.8, 4) is 0 Å². The van der Waals surface area contributed by atoms with Gasteiger partial charge in [0.25, 0.3) is 0 Å². The first-order valence-electron chi connectivity index (χ1n) is 6.41. The van der Waals surface area contributed by atoms with Gasteiger partial charge in [-0.3, -0.25) is 0 Å². The summed E-state index contributed by atoms with van der Waals surface area (Å²) in [7, 11) is 0. The number of fused-ring (bicyclic) bond motifs is 1. The molecule has 0 amide bonds. The zero-order valence-corrected chi connectivity index (χ0v) is 11.2. The van der Waals surface area contributed by atoms with Crippen LogP contribution in [0.15, 0.2) is 23.6 Å². The number of nitrogens with two attached hydrogens (primary N) is 1. The van der Waals surface area contributed by atoms with Crippen LogP contribution in [0.25, 0.3) is 5.52 Å². The van der Waals surface area contributed by atoms with Crippen molar-refractivity contribution >= 4 is 11.3 Å². The van der Waals surface area contributed by atoms with E-state index in [1.165, 1.54) is 10.8 Å². The summed E-state index contributed by atoms with van der Waals surface area (Å²) >= 11 is 0. The topological polar surface area (TPSA) is 135 Å². The lowest BCUT2D eigenvalue weighted by atomic mass is 9.91. The number of aliphatic hydroxyl groups is 2. The number of aliphatic hydroxyl groups excluding tert-OH is 2. The summed E-state index contributed by atoms with van der Waals surface area (Å²) < 4.78 is 7.18. The molecule has 3 rings (SSSR count). The molecular weight excluding hydrogens is 278 g/mol. The van der Waals surface area contributed by atoms with Crippen LogP contribution in [-0.2, 0) is 10.3 Å². The summed E-state index contributed by atoms with van der Waals surface area (Å²) in [5.74, 6) is 0.285. The first kappa shape index (κ1) is 13.9. The molecule has 1 aliphatic heterocycles. The van der Waals surface area contributed by atoms with E-state index in [1.807, 2.05) is 0 Å². The molecule has 0 unspecified atom stereocenters. The van der Waals surface area contributed by atoms with Gasteiger partial charge in [0, 0.05) is 0 Å². The van der Waals surface area contributed by atoms with E-state index in [-0.39, 0.29) is 5.82 Å². The molecule has 0 aromatic carbocycles. The molecule has 0 radical (unpaired) electrons. The molecule has 3 heterocycles. The minimum atomic E-state index is -1.22. The lowest BCUT2D eigenvalue weighted by Crippen LogP contribution is -2.38. The number of nitrogen functional groups attached to an aromatic ring is 1. The van der Waals surface area contributed by atoms with Crippen LogP contribution < -0.4 is 5.73 Å². The van der Waals surface area contributed by atoms with Gasteiger partial charge in [0.15, 0.2) is 11.9 Å². The van der Waals surface area contributed by atoms with Crippen molar-refractivity contribution in [2.45, 2.75) is 30.8 Å². The van der Waals surface area contributed by atoms with Gasteiger partial charge >= 0.3 is 0 Å². The Morgan fingerprint density at radius 3 is 3.00 bits per heavy atom. The highest BCUT2D eigenvalue weighted by molar-refractivity contribution is 5.65. The van der Waals surface area contributed by atoms with Crippen molar-refractivity contribution in [1.82, 2.24) is 14.6 Å². The van der Waals surface area contributed by atoms with Gasteiger partial charge in [-0.15, -0.1) is 0 Å². The van der Waals surface area contributed by atoms with E-state index in [4.69, 9.17) is 10.5 Å². The highest BCUT2D eigenvalue weighted by Gasteiger charge is 2.55. The van der Waals surface area contributed by atoms with Crippen molar-refractivity contribution in [3.63, 3.8) is 0 Å². The molecular formula is C12H15N5O4. The molecule has 2 aromatic heterocycles. The van der Waals surface area contributed by atoms with Gasteiger partial charge in [0.05, 0.1) is 12.3 Å². The van der Waals surface area contributed by atoms with E-state index in [0.717, 1.165) is 0 Å². The van der Waals surface area contributed by atoms with E-state index in [0.29, 0.717) is 11.2 Å². The van der Waals surface area contributed by atoms with Gasteiger partial charge in [-0.05, 0) is 19.1 Å². The molecule has 112 valence electrons. The zero-order valence-electron chi connectivity index (χ0n) is 11.2. The summed E-state index contributed by atoms with van der Waals surface area (Å²) in [4.78, 5) is 15.0. The van der Waals surface area contributed by atoms with Gasteiger partial charge in [-0.1, -0.05) is 5.18 Å². The standard InChI is InChI=1S/C12H15N5O4/c1-12(10(16-20)9(19)7(4-18)21-12)8-3-2-6-11(13)14-5-15-17(6)8/h2-3,5,7,9-10,18-19H,4H2,1H3,(H2,13,14,15)/t7-,9-,10-,12+/m1/s1. The van der Waals surface area contributed by atoms with E-state index in [2.05, 4.69) is 15.3 Å². The van der Waals surface area contributed by atoms with Gasteiger partial charge < -0.3 is 20.7 Å². The monoisotopic (exact) mass is 293 g/mol. The summed E-state index contributed by atoms with van der Waals surface area (Å²) in [6, 6.07) is 2.31. The molecule has 1 fully saturated rings. The minimum Gasteiger partial charge on any atom is -0.394 e. The predicted octanol–water partition coefficient (Wildman–Crippen LogP) is -0.586. The van der Waals surface area contributed by atoms with E-state index < -0.39 is 30.5 Å². The van der Waals surface area contributed by atoms with E-state index in [9.17, 15) is 15.1 Å². The van der Waals surface area contributed by atoms with Crippen LogP contribution in [-0.4, -0.2) is 49.7 Å². The minimum absolute atomic E-state index is 0.285. The lowest BCUT2D eigenvalue weighted by Gasteiger charge is -2.26. The van der Waals surface area contributed by atoms with Crippen molar-refractivity contribution in [3.05, 3.63) is 29.1 Å². The molecule has 4 N–H and O–H groups in total. The van der Waals surface area contributed by atoms with Crippen LogP contribution in [0.2, 0.25) is 0 Å². The molecule has 9 heteroatoms. The average Bonchev–Trinajstić information content (AvgIpc) is 3.00. The largest absolute Gasteiger partial charge is 0.394 e. The maximum Gasteiger partial charge on any atom is 0.155 e. The normalized spacial score (nSPS) is 32.6. The van der Waals surface area contributed by atoms with Crippen LogP contribution in [0.1, 0.15) is 12.6 Å². The number of nitrogens with zero attached hydrogens (tertiary/aromatic N) is 4. The Hall–Kier alpha value is -2.10. The Labute approximate surface area is 119 Å². The maximum absolute atomic E-state index is 11.2.